The van der Waals surface area contributed by atoms with Crippen LogP contribution in [0.1, 0.15) is 40.0 Å². The van der Waals surface area contributed by atoms with Crippen LogP contribution < -0.4 is 5.32 Å². The van der Waals surface area contributed by atoms with Crippen molar-refractivity contribution in [2.75, 3.05) is 13.1 Å². The molecule has 6 nitrogen and oxygen atoms in total. The Balaban J connectivity index is 2.52. The lowest BCUT2D eigenvalue weighted by atomic mass is 9.92. The van der Waals surface area contributed by atoms with Gasteiger partial charge < -0.3 is 20.4 Å². The van der Waals surface area contributed by atoms with Crippen molar-refractivity contribution in [3.05, 3.63) is 0 Å². The maximum atomic E-state index is 12.1. The van der Waals surface area contributed by atoms with E-state index in [0.717, 1.165) is 12.8 Å². The lowest BCUT2D eigenvalue weighted by molar-refractivity contribution is -0.140. The summed E-state index contributed by atoms with van der Waals surface area (Å²) in [5, 5.41) is 21.3. The third kappa shape index (κ3) is 4.37. The maximum absolute atomic E-state index is 12.1. The van der Waals surface area contributed by atoms with Gasteiger partial charge in [0, 0.05) is 13.1 Å². The second kappa shape index (κ2) is 7.47. The summed E-state index contributed by atoms with van der Waals surface area (Å²) in [5.74, 6) is -0.873. The van der Waals surface area contributed by atoms with E-state index < -0.39 is 12.0 Å². The average Bonchev–Trinajstić information content (AvgIpc) is 2.43. The van der Waals surface area contributed by atoms with Gasteiger partial charge in [0.2, 0.25) is 0 Å². The van der Waals surface area contributed by atoms with E-state index in [1.807, 2.05) is 13.8 Å². The summed E-state index contributed by atoms with van der Waals surface area (Å²) in [6, 6.07) is -1.16. The number of hydrogen-bond donors (Lipinski definition) is 3. The quantitative estimate of drug-likeness (QED) is 0.710. The number of aliphatic hydroxyl groups is 1. The molecular weight excluding hydrogens is 260 g/mol. The fourth-order valence-corrected chi connectivity index (χ4v) is 2.49. The molecule has 0 bridgehead atoms. The van der Waals surface area contributed by atoms with Gasteiger partial charge in [-0.25, -0.2) is 9.59 Å². The highest BCUT2D eigenvalue weighted by atomic mass is 16.4. The zero-order valence-electron chi connectivity index (χ0n) is 12.5. The van der Waals surface area contributed by atoms with Crippen LogP contribution in [0.4, 0.5) is 4.79 Å². The number of nitrogens with zero attached hydrogens (tertiary/aromatic N) is 1. The number of likely N-dealkylation sites (tertiary alicyclic amines) is 1. The molecule has 1 aliphatic heterocycles. The van der Waals surface area contributed by atoms with Crippen LogP contribution in [0.15, 0.2) is 0 Å². The molecule has 3 N–H and O–H groups in total. The van der Waals surface area contributed by atoms with E-state index in [9.17, 15) is 19.8 Å². The van der Waals surface area contributed by atoms with E-state index in [0.29, 0.717) is 19.5 Å². The van der Waals surface area contributed by atoms with E-state index in [1.54, 1.807) is 11.8 Å². The second-order valence-corrected chi connectivity index (χ2v) is 5.72. The number of piperidine rings is 1. The van der Waals surface area contributed by atoms with Crippen LogP contribution in [0.3, 0.4) is 0 Å². The number of rotatable bonds is 5. The molecule has 0 saturated carbocycles. The molecule has 1 rings (SSSR count). The fraction of sp³-hybridized carbons (Fsp3) is 0.857. The SMILES string of the molecule is CC[C@H](C)[C@H](NC(=O)N1CCC(C(C)O)CC1)C(=O)O. The minimum Gasteiger partial charge on any atom is -0.480 e. The van der Waals surface area contributed by atoms with Crippen molar-refractivity contribution < 1.29 is 19.8 Å². The van der Waals surface area contributed by atoms with Crippen molar-refractivity contribution in [1.82, 2.24) is 10.2 Å². The molecule has 6 heteroatoms. The average molecular weight is 286 g/mol. The Morgan fingerprint density at radius 3 is 2.25 bits per heavy atom. The van der Waals surface area contributed by atoms with Gasteiger partial charge in [0.25, 0.3) is 0 Å². The molecule has 2 amide bonds. The number of carbonyl (C=O) groups excluding carboxylic acids is 1. The summed E-state index contributed by atoms with van der Waals surface area (Å²) in [7, 11) is 0. The van der Waals surface area contributed by atoms with E-state index in [2.05, 4.69) is 5.32 Å². The summed E-state index contributed by atoms with van der Waals surface area (Å²) >= 11 is 0. The minimum absolute atomic E-state index is 0.105. The molecule has 1 heterocycles. The van der Waals surface area contributed by atoms with Crippen molar-refractivity contribution >= 4 is 12.0 Å². The Morgan fingerprint density at radius 2 is 1.85 bits per heavy atom. The number of carboxylic acid groups (broad SMARTS) is 1. The molecule has 3 atom stereocenters. The molecule has 116 valence electrons. The van der Waals surface area contributed by atoms with Crippen LogP contribution in [0.5, 0.6) is 0 Å². The Kier molecular flexibility index (Phi) is 6.26. The number of amides is 2. The van der Waals surface area contributed by atoms with Crippen molar-refractivity contribution in [1.29, 1.82) is 0 Å². The van der Waals surface area contributed by atoms with Crippen molar-refractivity contribution in [2.24, 2.45) is 11.8 Å². The summed E-state index contributed by atoms with van der Waals surface area (Å²) in [4.78, 5) is 24.9. The maximum Gasteiger partial charge on any atom is 0.326 e. The first-order valence-corrected chi connectivity index (χ1v) is 7.33. The van der Waals surface area contributed by atoms with Crippen molar-refractivity contribution in [3.8, 4) is 0 Å². The monoisotopic (exact) mass is 286 g/mol. The molecule has 0 aromatic rings. The fourth-order valence-electron chi connectivity index (χ4n) is 2.49. The third-order valence-corrected chi connectivity index (χ3v) is 4.27. The van der Waals surface area contributed by atoms with Gasteiger partial charge in [-0.1, -0.05) is 20.3 Å². The predicted octanol–water partition coefficient (Wildman–Crippen LogP) is 1.29. The number of carbonyl (C=O) groups is 2. The van der Waals surface area contributed by atoms with Crippen molar-refractivity contribution in [2.45, 2.75) is 52.2 Å². The first-order valence-electron chi connectivity index (χ1n) is 7.33. The van der Waals surface area contributed by atoms with Gasteiger partial charge >= 0.3 is 12.0 Å². The number of aliphatic carboxylic acids is 1. The Morgan fingerprint density at radius 1 is 1.30 bits per heavy atom. The standard InChI is InChI=1S/C14H26N2O4/c1-4-9(2)12(13(18)19)15-14(20)16-7-5-11(6-8-16)10(3)17/h9-12,17H,4-8H2,1-3H3,(H,15,20)(H,18,19)/t9-,10?,12-/m0/s1. The largest absolute Gasteiger partial charge is 0.480 e. The number of nitrogens with one attached hydrogen (secondary N) is 1. The van der Waals surface area contributed by atoms with Gasteiger partial charge in [-0.2, -0.15) is 0 Å². The number of aliphatic hydroxyl groups excluding tert-OH is 1. The highest BCUT2D eigenvalue weighted by Gasteiger charge is 2.30. The van der Waals surface area contributed by atoms with Crippen LogP contribution in [0.25, 0.3) is 0 Å². The highest BCUT2D eigenvalue weighted by Crippen LogP contribution is 2.20. The number of urea groups is 1. The summed E-state index contributed by atoms with van der Waals surface area (Å²) < 4.78 is 0. The van der Waals surface area contributed by atoms with Crippen LogP contribution in [0.2, 0.25) is 0 Å². The normalized spacial score (nSPS) is 21.1. The lowest BCUT2D eigenvalue weighted by Gasteiger charge is -2.34. The number of carboxylic acids is 1. The van der Waals surface area contributed by atoms with E-state index >= 15 is 0 Å². The Labute approximate surface area is 120 Å². The molecular formula is C14H26N2O4. The van der Waals surface area contributed by atoms with Crippen LogP contribution in [-0.2, 0) is 4.79 Å². The third-order valence-electron chi connectivity index (χ3n) is 4.27. The molecule has 1 aliphatic rings. The van der Waals surface area contributed by atoms with Gasteiger partial charge in [0.15, 0.2) is 0 Å². The predicted molar refractivity (Wildman–Crippen MR) is 75.4 cm³/mol. The lowest BCUT2D eigenvalue weighted by Crippen LogP contribution is -2.52. The Hall–Kier alpha value is -1.30. The molecule has 1 saturated heterocycles. The Bertz CT molecular complexity index is 338. The zero-order valence-corrected chi connectivity index (χ0v) is 12.5. The molecule has 1 unspecified atom stereocenters. The van der Waals surface area contributed by atoms with E-state index in [-0.39, 0.29) is 24.0 Å². The molecule has 1 fully saturated rings. The topological polar surface area (TPSA) is 89.9 Å². The van der Waals surface area contributed by atoms with Gasteiger partial charge in [-0.05, 0) is 31.6 Å². The number of hydrogen-bond acceptors (Lipinski definition) is 3. The summed E-state index contributed by atoms with van der Waals surface area (Å²) in [5.41, 5.74) is 0. The molecule has 0 aromatic carbocycles. The molecule has 0 spiro atoms. The van der Waals surface area contributed by atoms with Crippen molar-refractivity contribution in [3.63, 3.8) is 0 Å². The zero-order chi connectivity index (χ0) is 15.3. The van der Waals surface area contributed by atoms with E-state index in [1.165, 1.54) is 0 Å². The van der Waals surface area contributed by atoms with Gasteiger partial charge in [0.05, 0.1) is 6.10 Å². The molecule has 0 aliphatic carbocycles. The van der Waals surface area contributed by atoms with Gasteiger partial charge in [0.1, 0.15) is 6.04 Å². The van der Waals surface area contributed by atoms with Crippen LogP contribution >= 0.6 is 0 Å². The smallest absolute Gasteiger partial charge is 0.326 e. The van der Waals surface area contributed by atoms with Crippen LogP contribution in [-0.4, -0.2) is 52.3 Å². The molecule has 0 aromatic heterocycles. The summed E-state index contributed by atoms with van der Waals surface area (Å²) in [6.07, 6.45) is 1.85. The van der Waals surface area contributed by atoms with Crippen LogP contribution in [0, 0.1) is 11.8 Å². The minimum atomic E-state index is -0.994. The van der Waals surface area contributed by atoms with Gasteiger partial charge in [-0.3, -0.25) is 0 Å². The molecule has 0 radical (unpaired) electrons. The van der Waals surface area contributed by atoms with Gasteiger partial charge in [-0.15, -0.1) is 0 Å². The highest BCUT2D eigenvalue weighted by molar-refractivity contribution is 5.82. The first-order chi connectivity index (χ1) is 9.36. The van der Waals surface area contributed by atoms with E-state index in [4.69, 9.17) is 0 Å². The second-order valence-electron chi connectivity index (χ2n) is 5.72. The molecule has 20 heavy (non-hydrogen) atoms. The first kappa shape index (κ1) is 16.8. The summed E-state index contributed by atoms with van der Waals surface area (Å²) in [6.45, 7) is 6.62.